The molecule has 0 bridgehead atoms. The molecule has 2 aromatic heterocycles. The third-order valence-electron chi connectivity index (χ3n) is 7.39. The maximum Gasteiger partial charge on any atom is 0.329 e. The smallest absolute Gasteiger partial charge is 0.329 e. The van der Waals surface area contributed by atoms with Crippen LogP contribution in [0.1, 0.15) is 68.1 Å². The first-order valence-electron chi connectivity index (χ1n) is 12.2. The minimum atomic E-state index is -3.42. The van der Waals surface area contributed by atoms with Gasteiger partial charge in [0.2, 0.25) is 0 Å². The van der Waals surface area contributed by atoms with Gasteiger partial charge >= 0.3 is 11.6 Å². The van der Waals surface area contributed by atoms with Crippen LogP contribution in [0.4, 0.5) is 14.6 Å². The number of fused-ring (bicyclic) bond motifs is 2. The van der Waals surface area contributed by atoms with E-state index < -0.39 is 11.5 Å². The Morgan fingerprint density at radius 1 is 1.11 bits per heavy atom. The van der Waals surface area contributed by atoms with Crippen molar-refractivity contribution in [1.29, 1.82) is 0 Å². The molecule has 36 heavy (non-hydrogen) atoms. The predicted molar refractivity (Wildman–Crippen MR) is 137 cm³/mol. The second kappa shape index (κ2) is 8.09. The van der Waals surface area contributed by atoms with Gasteiger partial charge in [-0.05, 0) is 70.7 Å². The van der Waals surface area contributed by atoms with Gasteiger partial charge in [-0.3, -0.25) is 9.13 Å². The molecule has 2 N–H and O–H groups in total. The van der Waals surface area contributed by atoms with E-state index in [1.165, 1.54) is 6.07 Å². The van der Waals surface area contributed by atoms with Crippen LogP contribution in [0.3, 0.4) is 0 Å². The van der Waals surface area contributed by atoms with E-state index >= 15 is 8.78 Å². The molecule has 0 amide bonds. The fourth-order valence-electron chi connectivity index (χ4n) is 5.00. The topological polar surface area (TPSA) is 85.0 Å². The molecule has 2 heterocycles. The second-order valence-corrected chi connectivity index (χ2v) is 10.5. The average Bonchev–Trinajstić information content (AvgIpc) is 3.61. The summed E-state index contributed by atoms with van der Waals surface area (Å²) in [5, 5.41) is 23.9. The summed E-state index contributed by atoms with van der Waals surface area (Å²) in [6.07, 6.45) is 1.97. The molecule has 4 aromatic rings. The van der Waals surface area contributed by atoms with Crippen molar-refractivity contribution >= 4 is 27.6 Å². The lowest BCUT2D eigenvalue weighted by molar-refractivity contribution is -0.168. The van der Waals surface area contributed by atoms with Crippen molar-refractivity contribution in [2.75, 3.05) is 5.32 Å². The highest BCUT2D eigenvalue weighted by atomic mass is 19.3. The number of benzene rings is 2. The number of aliphatic hydroxyl groups is 1. The largest absolute Gasteiger partial charge is 0.384 e. The van der Waals surface area contributed by atoms with Crippen LogP contribution in [0.2, 0.25) is 0 Å². The van der Waals surface area contributed by atoms with Gasteiger partial charge in [-0.25, -0.2) is 4.79 Å². The van der Waals surface area contributed by atoms with Crippen LogP contribution < -0.4 is 11.0 Å². The zero-order valence-corrected chi connectivity index (χ0v) is 21.4. The number of aromatic nitrogens is 4. The van der Waals surface area contributed by atoms with Crippen molar-refractivity contribution in [2.45, 2.75) is 71.1 Å². The van der Waals surface area contributed by atoms with E-state index in [-0.39, 0.29) is 23.3 Å². The number of aryl methyl sites for hydroxylation is 2. The maximum atomic E-state index is 15.0. The monoisotopic (exact) mass is 495 g/mol. The van der Waals surface area contributed by atoms with E-state index in [1.807, 2.05) is 30.5 Å². The maximum absolute atomic E-state index is 15.0. The van der Waals surface area contributed by atoms with E-state index in [9.17, 15) is 9.90 Å². The lowest BCUT2D eigenvalue weighted by atomic mass is 9.87. The molecule has 190 valence electrons. The van der Waals surface area contributed by atoms with Crippen LogP contribution in [0.15, 0.2) is 35.1 Å². The molecule has 2 aromatic carbocycles. The number of nitrogens with zero attached hydrogens (tertiary/aromatic N) is 4. The molecule has 0 aliphatic heterocycles. The third kappa shape index (κ3) is 3.68. The average molecular weight is 496 g/mol. The van der Waals surface area contributed by atoms with Crippen molar-refractivity contribution in [3.63, 3.8) is 0 Å². The van der Waals surface area contributed by atoms with E-state index in [0.29, 0.717) is 16.9 Å². The van der Waals surface area contributed by atoms with Crippen molar-refractivity contribution in [3.8, 4) is 0 Å². The summed E-state index contributed by atoms with van der Waals surface area (Å²) in [7, 11) is 1.78. The van der Waals surface area contributed by atoms with Crippen LogP contribution >= 0.6 is 0 Å². The van der Waals surface area contributed by atoms with E-state index in [1.54, 1.807) is 30.7 Å². The number of imidazole rings is 1. The number of hydrogen-bond acceptors (Lipinski definition) is 5. The van der Waals surface area contributed by atoms with Crippen molar-refractivity contribution in [3.05, 3.63) is 63.2 Å². The number of hydrogen-bond donors (Lipinski definition) is 2. The Balaban J connectivity index is 1.61. The first-order chi connectivity index (χ1) is 16.8. The normalized spacial score (nSPS) is 15.6. The number of alkyl halides is 2. The van der Waals surface area contributed by atoms with Gasteiger partial charge in [0, 0.05) is 29.4 Å². The summed E-state index contributed by atoms with van der Waals surface area (Å²) in [5.41, 5.74) is 1.05. The number of rotatable bonds is 6. The van der Waals surface area contributed by atoms with Crippen LogP contribution in [0.25, 0.3) is 21.8 Å². The minimum absolute atomic E-state index is 0.0376. The zero-order valence-electron chi connectivity index (χ0n) is 21.4. The Bertz CT molecular complexity index is 1560. The molecular formula is C27H31F2N5O2. The van der Waals surface area contributed by atoms with E-state index in [4.69, 9.17) is 0 Å². The molecule has 0 radical (unpaired) electrons. The van der Waals surface area contributed by atoms with Gasteiger partial charge < -0.3 is 10.4 Å². The number of halogens is 2. The van der Waals surface area contributed by atoms with Gasteiger partial charge in [-0.15, -0.1) is 5.10 Å². The fraction of sp³-hybridized carbons (Fsp3) is 0.444. The summed E-state index contributed by atoms with van der Waals surface area (Å²) >= 11 is 0. The highest BCUT2D eigenvalue weighted by Gasteiger charge is 2.48. The highest BCUT2D eigenvalue weighted by molar-refractivity contribution is 6.01. The molecule has 9 heteroatoms. The Hall–Kier alpha value is -3.33. The van der Waals surface area contributed by atoms with Crippen LogP contribution in [0.5, 0.6) is 0 Å². The molecule has 0 spiro atoms. The minimum Gasteiger partial charge on any atom is -0.384 e. The lowest BCUT2D eigenvalue weighted by Gasteiger charge is -2.31. The molecule has 5 rings (SSSR count). The van der Waals surface area contributed by atoms with Crippen molar-refractivity contribution in [1.82, 2.24) is 19.3 Å². The van der Waals surface area contributed by atoms with Gasteiger partial charge in [0.05, 0.1) is 22.8 Å². The summed E-state index contributed by atoms with van der Waals surface area (Å²) in [6.45, 7) is 7.61. The first kappa shape index (κ1) is 24.4. The summed E-state index contributed by atoms with van der Waals surface area (Å²) in [4.78, 5) is 12.9. The van der Waals surface area contributed by atoms with Crippen molar-refractivity contribution in [2.24, 2.45) is 7.05 Å². The van der Waals surface area contributed by atoms with E-state index in [0.717, 1.165) is 54.2 Å². The van der Waals surface area contributed by atoms with E-state index in [2.05, 4.69) is 15.5 Å². The Kier molecular flexibility index (Phi) is 5.48. The quantitative estimate of drug-likeness (QED) is 0.381. The van der Waals surface area contributed by atoms with Gasteiger partial charge in [0.1, 0.15) is 5.60 Å². The molecule has 0 unspecified atom stereocenters. The highest BCUT2D eigenvalue weighted by Crippen LogP contribution is 2.42. The van der Waals surface area contributed by atoms with Gasteiger partial charge in [0.15, 0.2) is 5.82 Å². The van der Waals surface area contributed by atoms with Gasteiger partial charge in [-0.1, -0.05) is 18.2 Å². The summed E-state index contributed by atoms with van der Waals surface area (Å²) in [5.74, 6) is -2.91. The van der Waals surface area contributed by atoms with Crippen molar-refractivity contribution < 1.29 is 13.9 Å². The molecule has 1 aliphatic rings. The third-order valence-corrected chi connectivity index (χ3v) is 7.39. The Morgan fingerprint density at radius 3 is 2.42 bits per heavy atom. The summed E-state index contributed by atoms with van der Waals surface area (Å²) in [6, 6.07) is 8.52. The van der Waals surface area contributed by atoms with Crippen LogP contribution in [-0.4, -0.2) is 30.0 Å². The SMILES string of the molecule is Cc1c([C@@H](C)Nc2nnc(C)c3cc4c(cc23)n(C2CC2)c(=O)n4C)cccc1C(F)(F)C(C)(C)O. The number of nitrogens with one attached hydrogen (secondary N) is 1. The Morgan fingerprint density at radius 2 is 1.78 bits per heavy atom. The van der Waals surface area contributed by atoms with Gasteiger partial charge in [-0.2, -0.15) is 13.9 Å². The lowest BCUT2D eigenvalue weighted by Crippen LogP contribution is -2.40. The van der Waals surface area contributed by atoms with Gasteiger partial charge in [0.25, 0.3) is 0 Å². The second-order valence-electron chi connectivity index (χ2n) is 10.5. The number of anilines is 1. The predicted octanol–water partition coefficient (Wildman–Crippen LogP) is 5.27. The summed E-state index contributed by atoms with van der Waals surface area (Å²) < 4.78 is 33.5. The molecule has 1 aliphatic carbocycles. The Labute approximate surface area is 207 Å². The molecular weight excluding hydrogens is 464 g/mol. The van der Waals surface area contributed by atoms with Crippen LogP contribution in [0, 0.1) is 13.8 Å². The van der Waals surface area contributed by atoms with Crippen LogP contribution in [-0.2, 0) is 13.0 Å². The molecule has 1 atom stereocenters. The molecule has 1 saturated carbocycles. The molecule has 0 saturated heterocycles. The first-order valence-corrected chi connectivity index (χ1v) is 12.2. The fourth-order valence-corrected chi connectivity index (χ4v) is 5.00. The molecule has 1 fully saturated rings. The molecule has 7 nitrogen and oxygen atoms in total. The standard InChI is InChI=1S/C27H31F2N5O2/c1-14-18(8-7-9-21(14)27(28,29)26(4,5)36)15(2)30-24-20-13-23-22(12-19(20)16(3)31-32-24)33(6)25(35)34(23)17-10-11-17/h7-9,12-13,15,17,36H,10-11H2,1-6H3,(H,30,32)/t15-/m1/s1. The zero-order chi connectivity index (χ0) is 26.2.